The Morgan fingerprint density at radius 3 is 0.346 bits per heavy atom. The zero-order valence-electron chi connectivity index (χ0n) is 17.8. The summed E-state index contributed by atoms with van der Waals surface area (Å²) in [7, 11) is 0. The van der Waals surface area contributed by atoms with Gasteiger partial charge in [-0.1, -0.05) is 164 Å². The van der Waals surface area contributed by atoms with E-state index in [-0.39, 0.29) is 0 Å². The van der Waals surface area contributed by atoms with Crippen LogP contribution in [0, 0.1) is 0 Å². The van der Waals surface area contributed by atoms with Gasteiger partial charge in [-0.05, 0) is 0 Å². The SMILES string of the molecule is CC.CCC.CCC.c1ccccc1.c1ccccc1.c1ccccc1. The highest BCUT2D eigenvalue weighted by atomic mass is 13.7. The molecular formula is C26H40. The largest absolute Gasteiger partial charge is 0.0683 e. The summed E-state index contributed by atoms with van der Waals surface area (Å²) >= 11 is 0. The molecule has 0 fully saturated rings. The second-order valence-electron chi connectivity index (χ2n) is 4.88. The molecule has 0 aromatic heterocycles. The Kier molecular flexibility index (Phi) is 37.3. The fraction of sp³-hybridized carbons (Fsp3) is 0.308. The van der Waals surface area contributed by atoms with Crippen LogP contribution in [0.2, 0.25) is 0 Å². The third-order valence-corrected chi connectivity index (χ3v) is 2.00. The van der Waals surface area contributed by atoms with Crippen LogP contribution in [-0.4, -0.2) is 0 Å². The highest BCUT2D eigenvalue weighted by Crippen LogP contribution is 1.81. The monoisotopic (exact) mass is 352 g/mol. The third kappa shape index (κ3) is 37.7. The molecule has 0 spiro atoms. The summed E-state index contributed by atoms with van der Waals surface area (Å²) in [6.07, 6.45) is 2.50. The third-order valence-electron chi connectivity index (χ3n) is 2.00. The number of hydrogen-bond donors (Lipinski definition) is 0. The number of rotatable bonds is 0. The first-order chi connectivity index (χ1) is 12.8. The van der Waals surface area contributed by atoms with Crippen molar-refractivity contribution >= 4 is 0 Å². The molecule has 0 aliphatic heterocycles. The number of hydrogen-bond acceptors (Lipinski definition) is 0. The van der Waals surface area contributed by atoms with Gasteiger partial charge in [0.2, 0.25) is 0 Å². The van der Waals surface area contributed by atoms with Crippen molar-refractivity contribution < 1.29 is 0 Å². The normalized spacial score (nSPS) is 7.15. The van der Waals surface area contributed by atoms with E-state index in [1.807, 2.05) is 123 Å². The molecule has 0 bridgehead atoms. The van der Waals surface area contributed by atoms with E-state index in [1.165, 1.54) is 12.8 Å². The smallest absolute Gasteiger partial charge is 0.0590 e. The molecular weight excluding hydrogens is 312 g/mol. The van der Waals surface area contributed by atoms with Crippen LogP contribution in [0.25, 0.3) is 0 Å². The second kappa shape index (κ2) is 34.1. The maximum absolute atomic E-state index is 2.12. The predicted molar refractivity (Wildman–Crippen MR) is 123 cm³/mol. The molecule has 0 amide bonds. The van der Waals surface area contributed by atoms with Crippen LogP contribution in [0.1, 0.15) is 54.4 Å². The Bertz CT molecular complexity index is 317. The summed E-state index contributed by atoms with van der Waals surface area (Å²) in [6.45, 7) is 12.5. The Hall–Kier alpha value is -2.34. The molecule has 3 aromatic rings. The van der Waals surface area contributed by atoms with Crippen LogP contribution < -0.4 is 0 Å². The van der Waals surface area contributed by atoms with Crippen molar-refractivity contribution in [2.24, 2.45) is 0 Å². The molecule has 0 saturated carbocycles. The summed E-state index contributed by atoms with van der Waals surface area (Å²) in [4.78, 5) is 0. The highest BCUT2D eigenvalue weighted by Gasteiger charge is 1.59. The van der Waals surface area contributed by atoms with Gasteiger partial charge in [0.15, 0.2) is 0 Å². The maximum Gasteiger partial charge on any atom is -0.0590 e. The van der Waals surface area contributed by atoms with E-state index in [9.17, 15) is 0 Å². The van der Waals surface area contributed by atoms with Crippen molar-refractivity contribution in [3.05, 3.63) is 109 Å². The molecule has 0 aliphatic rings. The Balaban J connectivity index is -0.000000257. The Labute approximate surface area is 163 Å². The molecule has 0 unspecified atom stereocenters. The highest BCUT2D eigenvalue weighted by molar-refractivity contribution is 5.00. The zero-order chi connectivity index (χ0) is 20.1. The van der Waals surface area contributed by atoms with Gasteiger partial charge in [0.1, 0.15) is 0 Å². The van der Waals surface area contributed by atoms with Crippen LogP contribution in [0.15, 0.2) is 109 Å². The van der Waals surface area contributed by atoms with Crippen LogP contribution in [0.5, 0.6) is 0 Å². The van der Waals surface area contributed by atoms with Crippen molar-refractivity contribution in [3.8, 4) is 0 Å². The van der Waals surface area contributed by atoms with Crippen molar-refractivity contribution in [2.75, 3.05) is 0 Å². The minimum Gasteiger partial charge on any atom is -0.0683 e. The lowest BCUT2D eigenvalue weighted by Crippen LogP contribution is -1.47. The molecule has 0 aliphatic carbocycles. The van der Waals surface area contributed by atoms with Gasteiger partial charge in [-0.3, -0.25) is 0 Å². The topological polar surface area (TPSA) is 0 Å². The average molecular weight is 353 g/mol. The zero-order valence-corrected chi connectivity index (χ0v) is 17.8. The summed E-state index contributed by atoms with van der Waals surface area (Å²) in [5, 5.41) is 0. The minimum absolute atomic E-state index is 1.25. The number of benzene rings is 3. The van der Waals surface area contributed by atoms with Crippen LogP contribution in [0.3, 0.4) is 0 Å². The molecule has 0 nitrogen and oxygen atoms in total. The van der Waals surface area contributed by atoms with E-state index < -0.39 is 0 Å². The lowest BCUT2D eigenvalue weighted by molar-refractivity contribution is 1.09. The first kappa shape index (κ1) is 28.5. The van der Waals surface area contributed by atoms with E-state index in [4.69, 9.17) is 0 Å². The van der Waals surface area contributed by atoms with E-state index in [2.05, 4.69) is 27.7 Å². The molecule has 0 N–H and O–H groups in total. The lowest BCUT2D eigenvalue weighted by atomic mass is 10.4. The minimum atomic E-state index is 1.25. The Morgan fingerprint density at radius 1 is 0.269 bits per heavy atom. The van der Waals surface area contributed by atoms with Crippen molar-refractivity contribution in [3.63, 3.8) is 0 Å². The average Bonchev–Trinajstić information content (AvgIpc) is 2.75. The fourth-order valence-electron chi connectivity index (χ4n) is 1.15. The standard InChI is InChI=1S/3C6H6.2C3H8.C2H6/c3*1-2-4-6-5-3-1;2*1-3-2;1-2/h3*1-6H;2*3H2,1-2H3;1-2H3. The summed E-state index contributed by atoms with van der Waals surface area (Å²) in [5.41, 5.74) is 0. The summed E-state index contributed by atoms with van der Waals surface area (Å²) in [5.74, 6) is 0. The Morgan fingerprint density at radius 2 is 0.308 bits per heavy atom. The van der Waals surface area contributed by atoms with Gasteiger partial charge in [0.25, 0.3) is 0 Å². The maximum atomic E-state index is 2.12. The molecule has 0 heteroatoms. The van der Waals surface area contributed by atoms with E-state index in [0.717, 1.165) is 0 Å². The predicted octanol–water partition coefficient (Wildman–Crippen LogP) is 8.92. The van der Waals surface area contributed by atoms with Crippen LogP contribution >= 0.6 is 0 Å². The molecule has 144 valence electrons. The molecule has 0 heterocycles. The van der Waals surface area contributed by atoms with Crippen LogP contribution in [-0.2, 0) is 0 Å². The van der Waals surface area contributed by atoms with Crippen molar-refractivity contribution in [1.82, 2.24) is 0 Å². The van der Waals surface area contributed by atoms with Gasteiger partial charge in [0, 0.05) is 0 Å². The van der Waals surface area contributed by atoms with Crippen molar-refractivity contribution in [1.29, 1.82) is 0 Å². The second-order valence-corrected chi connectivity index (χ2v) is 4.88. The quantitative estimate of drug-likeness (QED) is 0.379. The summed E-state index contributed by atoms with van der Waals surface area (Å²) < 4.78 is 0. The molecule has 0 atom stereocenters. The first-order valence-corrected chi connectivity index (χ1v) is 9.83. The molecule has 0 radical (unpaired) electrons. The molecule has 0 saturated heterocycles. The summed E-state index contributed by atoms with van der Waals surface area (Å²) in [6, 6.07) is 36.0. The fourth-order valence-corrected chi connectivity index (χ4v) is 1.15. The van der Waals surface area contributed by atoms with E-state index in [0.29, 0.717) is 0 Å². The van der Waals surface area contributed by atoms with Gasteiger partial charge in [0.05, 0.1) is 0 Å². The first-order valence-electron chi connectivity index (χ1n) is 9.83. The van der Waals surface area contributed by atoms with Crippen molar-refractivity contribution in [2.45, 2.75) is 54.4 Å². The van der Waals surface area contributed by atoms with Gasteiger partial charge in [-0.2, -0.15) is 0 Å². The van der Waals surface area contributed by atoms with Gasteiger partial charge in [-0.15, -0.1) is 0 Å². The van der Waals surface area contributed by atoms with Gasteiger partial charge < -0.3 is 0 Å². The molecule has 26 heavy (non-hydrogen) atoms. The van der Waals surface area contributed by atoms with Gasteiger partial charge >= 0.3 is 0 Å². The lowest BCUT2D eigenvalue weighted by Gasteiger charge is -1.69. The van der Waals surface area contributed by atoms with Crippen LogP contribution in [0.4, 0.5) is 0 Å². The molecule has 3 rings (SSSR count). The molecule has 3 aromatic carbocycles. The van der Waals surface area contributed by atoms with Gasteiger partial charge in [-0.25, -0.2) is 0 Å². The van der Waals surface area contributed by atoms with E-state index in [1.54, 1.807) is 0 Å². The van der Waals surface area contributed by atoms with E-state index >= 15 is 0 Å².